The average molecular weight is 367 g/mol. The predicted molar refractivity (Wildman–Crippen MR) is 109 cm³/mol. The first-order chi connectivity index (χ1) is 11.5. The molecule has 2 N–H and O–H groups in total. The van der Waals surface area contributed by atoms with Crippen LogP contribution >= 0.6 is 0 Å². The second-order valence-corrected chi connectivity index (χ2v) is 12.1. The van der Waals surface area contributed by atoms with Crippen molar-refractivity contribution in [2.45, 2.75) is 100 Å². The highest BCUT2D eigenvalue weighted by Gasteiger charge is 2.42. The van der Waals surface area contributed by atoms with E-state index in [0.29, 0.717) is 19.4 Å². The Morgan fingerprint density at radius 3 is 1.88 bits per heavy atom. The molecule has 0 heterocycles. The number of hydrogen-bond acceptors (Lipinski definition) is 2. The molecule has 0 radical (unpaired) electrons. The molecule has 4 nitrogen and oxygen atoms in total. The summed E-state index contributed by atoms with van der Waals surface area (Å²) in [6.07, 6.45) is 4.05. The van der Waals surface area contributed by atoms with Gasteiger partial charge in [-0.2, -0.15) is 0 Å². The van der Waals surface area contributed by atoms with Crippen LogP contribution in [0.4, 0.5) is 0 Å². The van der Waals surface area contributed by atoms with Crippen LogP contribution in [0.15, 0.2) is 0 Å². The predicted octanol–water partition coefficient (Wildman–Crippen LogP) is 4.68. The lowest BCUT2D eigenvalue weighted by molar-refractivity contribution is -0.126. The van der Waals surface area contributed by atoms with Crippen molar-refractivity contribution in [3.05, 3.63) is 0 Å². The summed E-state index contributed by atoms with van der Waals surface area (Å²) < 4.78 is 0. The fourth-order valence-corrected chi connectivity index (χ4v) is 4.49. The summed E-state index contributed by atoms with van der Waals surface area (Å²) in [5, 5.41) is 6.41. The van der Waals surface area contributed by atoms with Crippen LogP contribution in [-0.4, -0.2) is 24.4 Å². The number of nitrogens with one attached hydrogen (secondary N) is 2. The van der Waals surface area contributed by atoms with Gasteiger partial charge >= 0.3 is 0 Å². The number of carbonyl (C=O) groups is 2. The molecule has 26 heavy (non-hydrogen) atoms. The molecule has 1 saturated carbocycles. The van der Waals surface area contributed by atoms with Gasteiger partial charge in [0.25, 0.3) is 0 Å². The zero-order chi connectivity index (χ0) is 20.4. The monoisotopic (exact) mass is 366 g/mol. The number of hydrogen-bond donors (Lipinski definition) is 2. The van der Waals surface area contributed by atoms with E-state index < -0.39 is 0 Å². The van der Waals surface area contributed by atoms with E-state index in [0.717, 1.165) is 19.3 Å². The second kappa shape index (κ2) is 7.90. The van der Waals surface area contributed by atoms with E-state index in [2.05, 4.69) is 72.9 Å². The molecular weight excluding hydrogens is 324 g/mol. The third kappa shape index (κ3) is 9.05. The van der Waals surface area contributed by atoms with Gasteiger partial charge in [0.15, 0.2) is 0 Å². The lowest BCUT2D eigenvalue weighted by atomic mass is 9.62. The van der Waals surface area contributed by atoms with Crippen molar-refractivity contribution in [1.29, 1.82) is 0 Å². The van der Waals surface area contributed by atoms with E-state index in [-0.39, 0.29) is 39.5 Å². The molecule has 1 aliphatic carbocycles. The van der Waals surface area contributed by atoms with Crippen LogP contribution in [0.1, 0.15) is 94.4 Å². The van der Waals surface area contributed by atoms with Crippen molar-refractivity contribution in [1.82, 2.24) is 10.6 Å². The van der Waals surface area contributed by atoms with Crippen molar-refractivity contribution < 1.29 is 9.59 Å². The molecule has 0 aromatic carbocycles. The lowest BCUT2D eigenvalue weighted by Gasteiger charge is -2.47. The largest absolute Gasteiger partial charge is 0.356 e. The maximum Gasteiger partial charge on any atom is 0.220 e. The van der Waals surface area contributed by atoms with Gasteiger partial charge < -0.3 is 10.6 Å². The normalized spacial score (nSPS) is 26.3. The highest BCUT2D eigenvalue weighted by molar-refractivity contribution is 5.77. The summed E-state index contributed by atoms with van der Waals surface area (Å²) in [6, 6.07) is 0.179. The third-order valence-electron chi connectivity index (χ3n) is 4.90. The zero-order valence-electron chi connectivity index (χ0n) is 18.6. The van der Waals surface area contributed by atoms with Gasteiger partial charge in [-0.3, -0.25) is 9.59 Å². The van der Waals surface area contributed by atoms with Crippen molar-refractivity contribution in [2.24, 2.45) is 21.7 Å². The first-order valence-corrected chi connectivity index (χ1v) is 10.0. The highest BCUT2D eigenvalue weighted by Crippen LogP contribution is 2.45. The fraction of sp³-hybridized carbons (Fsp3) is 0.909. The minimum atomic E-state index is -0.00149. The van der Waals surface area contributed by atoms with Crippen molar-refractivity contribution >= 4 is 11.8 Å². The van der Waals surface area contributed by atoms with Crippen LogP contribution in [0.2, 0.25) is 0 Å². The molecule has 2 unspecified atom stereocenters. The Labute approximate surface area is 161 Å². The van der Waals surface area contributed by atoms with Crippen LogP contribution < -0.4 is 10.6 Å². The highest BCUT2D eigenvalue weighted by atomic mass is 16.2. The summed E-state index contributed by atoms with van der Waals surface area (Å²) in [5.41, 5.74) is 0.162. The summed E-state index contributed by atoms with van der Waals surface area (Å²) in [6.45, 7) is 20.0. The topological polar surface area (TPSA) is 58.2 Å². The van der Waals surface area contributed by atoms with E-state index in [1.807, 2.05) is 0 Å². The molecular formula is C22H42N2O2. The Hall–Kier alpha value is -1.06. The number of carbonyl (C=O) groups excluding carboxylic acids is 2. The lowest BCUT2D eigenvalue weighted by Crippen LogP contribution is -2.50. The molecule has 2 amide bonds. The van der Waals surface area contributed by atoms with Gasteiger partial charge in [0, 0.05) is 25.4 Å². The van der Waals surface area contributed by atoms with E-state index in [1.165, 1.54) is 0 Å². The standard InChI is InChI=1S/C22H42N2O2/c1-19(2,3)12-17(25)23-15-22(9)11-16(10-21(7,8)14-22)24-18(26)13-20(4,5)6/h16H,10-15H2,1-9H3,(H,23,25)(H,24,26). The molecule has 152 valence electrons. The van der Waals surface area contributed by atoms with Crippen LogP contribution in [0.25, 0.3) is 0 Å². The molecule has 1 fully saturated rings. The van der Waals surface area contributed by atoms with Gasteiger partial charge in [0.2, 0.25) is 11.8 Å². The van der Waals surface area contributed by atoms with E-state index in [1.54, 1.807) is 0 Å². The smallest absolute Gasteiger partial charge is 0.220 e. The van der Waals surface area contributed by atoms with E-state index in [9.17, 15) is 9.59 Å². The Kier molecular flexibility index (Phi) is 6.98. The summed E-state index contributed by atoms with van der Waals surface area (Å²) in [4.78, 5) is 24.6. The van der Waals surface area contributed by atoms with Crippen molar-refractivity contribution in [3.8, 4) is 0 Å². The van der Waals surface area contributed by atoms with Crippen LogP contribution in [0, 0.1) is 21.7 Å². The first kappa shape index (κ1) is 23.0. The van der Waals surface area contributed by atoms with Gasteiger partial charge in [0.05, 0.1) is 0 Å². The maximum absolute atomic E-state index is 12.4. The molecule has 0 spiro atoms. The van der Waals surface area contributed by atoms with Crippen LogP contribution in [-0.2, 0) is 9.59 Å². The van der Waals surface area contributed by atoms with Crippen LogP contribution in [0.3, 0.4) is 0 Å². The molecule has 4 heteroatoms. The average Bonchev–Trinajstić information content (AvgIpc) is 2.29. The van der Waals surface area contributed by atoms with Gasteiger partial charge in [0.1, 0.15) is 0 Å². The fourth-order valence-electron chi connectivity index (χ4n) is 4.49. The number of amides is 2. The summed E-state index contributed by atoms with van der Waals surface area (Å²) in [7, 11) is 0. The quantitative estimate of drug-likeness (QED) is 0.742. The van der Waals surface area contributed by atoms with Crippen molar-refractivity contribution in [2.75, 3.05) is 6.54 Å². The molecule has 0 aromatic heterocycles. The maximum atomic E-state index is 12.4. The van der Waals surface area contributed by atoms with Gasteiger partial charge in [-0.25, -0.2) is 0 Å². The Balaban J connectivity index is 2.70. The van der Waals surface area contributed by atoms with E-state index in [4.69, 9.17) is 0 Å². The molecule has 1 aliphatic rings. The number of rotatable bonds is 5. The minimum absolute atomic E-state index is 0.000287. The SMILES string of the molecule is CC(C)(C)CC(=O)NCC1(C)CC(NC(=O)CC(C)(C)C)CC(C)(C)C1. The molecule has 0 aliphatic heterocycles. The van der Waals surface area contributed by atoms with Gasteiger partial charge in [-0.05, 0) is 40.9 Å². The van der Waals surface area contributed by atoms with Crippen LogP contribution in [0.5, 0.6) is 0 Å². The third-order valence-corrected chi connectivity index (χ3v) is 4.90. The first-order valence-electron chi connectivity index (χ1n) is 10.0. The molecule has 0 bridgehead atoms. The zero-order valence-corrected chi connectivity index (χ0v) is 18.6. The van der Waals surface area contributed by atoms with Gasteiger partial charge in [-0.1, -0.05) is 62.3 Å². The molecule has 1 rings (SSSR count). The summed E-state index contributed by atoms with van der Waals surface area (Å²) in [5.74, 6) is 0.259. The molecule has 2 atom stereocenters. The van der Waals surface area contributed by atoms with Crippen molar-refractivity contribution in [3.63, 3.8) is 0 Å². The van der Waals surface area contributed by atoms with E-state index >= 15 is 0 Å². The summed E-state index contributed by atoms with van der Waals surface area (Å²) >= 11 is 0. The Morgan fingerprint density at radius 1 is 0.885 bits per heavy atom. The molecule has 0 aromatic rings. The Bertz CT molecular complexity index is 511. The second-order valence-electron chi connectivity index (χ2n) is 12.1. The van der Waals surface area contributed by atoms with Gasteiger partial charge in [-0.15, -0.1) is 0 Å². The Morgan fingerprint density at radius 2 is 1.38 bits per heavy atom. The minimum Gasteiger partial charge on any atom is -0.356 e. The molecule has 0 saturated heterocycles.